The van der Waals surface area contributed by atoms with Crippen LogP contribution in [0.5, 0.6) is 0 Å². The van der Waals surface area contributed by atoms with Crippen LogP contribution in [0.3, 0.4) is 0 Å². The van der Waals surface area contributed by atoms with Gasteiger partial charge in [0.1, 0.15) is 6.07 Å². The van der Waals surface area contributed by atoms with Gasteiger partial charge in [-0.25, -0.2) is 4.98 Å². The number of anilines is 1. The van der Waals surface area contributed by atoms with Crippen molar-refractivity contribution < 1.29 is 9.66 Å². The summed E-state index contributed by atoms with van der Waals surface area (Å²) in [4.78, 5) is 16.6. The van der Waals surface area contributed by atoms with Gasteiger partial charge in [-0.2, -0.15) is 5.26 Å². The summed E-state index contributed by atoms with van der Waals surface area (Å²) in [5, 5.41) is 22.6. The van der Waals surface area contributed by atoms with Crippen LogP contribution in [0.1, 0.15) is 5.56 Å². The highest BCUT2D eigenvalue weighted by molar-refractivity contribution is 5.58. The van der Waals surface area contributed by atoms with Crippen LogP contribution in [0.2, 0.25) is 0 Å². The Balaban J connectivity index is 1.94. The van der Waals surface area contributed by atoms with E-state index in [4.69, 9.17) is 10.00 Å². The Kier molecular flexibility index (Phi) is 4.81. The molecule has 0 unspecified atom stereocenters. The van der Waals surface area contributed by atoms with Crippen molar-refractivity contribution in [3.05, 3.63) is 27.9 Å². The fourth-order valence-electron chi connectivity index (χ4n) is 1.95. The quantitative estimate of drug-likeness (QED) is 0.620. The molecule has 20 heavy (non-hydrogen) atoms. The van der Waals surface area contributed by atoms with Crippen LogP contribution >= 0.6 is 0 Å². The molecule has 2 heterocycles. The molecule has 1 aromatic rings. The van der Waals surface area contributed by atoms with Gasteiger partial charge in [0, 0.05) is 38.4 Å². The number of hydrogen-bond donors (Lipinski definition) is 1. The first-order valence-corrected chi connectivity index (χ1v) is 6.29. The first-order chi connectivity index (χ1) is 9.70. The summed E-state index contributed by atoms with van der Waals surface area (Å²) in [5.74, 6) is 0.197. The second kappa shape index (κ2) is 6.79. The molecule has 1 N–H and O–H groups in total. The van der Waals surface area contributed by atoms with Crippen molar-refractivity contribution in [2.45, 2.75) is 0 Å². The predicted octanol–water partition coefficient (Wildman–Crippen LogP) is 0.606. The van der Waals surface area contributed by atoms with Crippen molar-refractivity contribution in [3.8, 4) is 6.07 Å². The molecule has 0 radical (unpaired) electrons. The van der Waals surface area contributed by atoms with Crippen LogP contribution < -0.4 is 5.32 Å². The van der Waals surface area contributed by atoms with Gasteiger partial charge in [-0.05, 0) is 0 Å². The topological polar surface area (TPSA) is 104 Å². The van der Waals surface area contributed by atoms with Crippen molar-refractivity contribution in [2.75, 3.05) is 44.7 Å². The number of nitro groups is 1. The highest BCUT2D eigenvalue weighted by Crippen LogP contribution is 2.22. The number of ether oxygens (including phenoxy) is 1. The molecule has 8 heteroatoms. The molecule has 106 valence electrons. The normalized spacial score (nSPS) is 15.6. The molecule has 0 amide bonds. The molecule has 1 aliphatic rings. The van der Waals surface area contributed by atoms with Gasteiger partial charge < -0.3 is 10.1 Å². The summed E-state index contributed by atoms with van der Waals surface area (Å²) < 4.78 is 5.25. The number of nitrogens with zero attached hydrogens (tertiary/aromatic N) is 4. The number of aromatic nitrogens is 1. The average molecular weight is 277 g/mol. The van der Waals surface area contributed by atoms with E-state index in [9.17, 15) is 10.1 Å². The molecule has 2 rings (SSSR count). The van der Waals surface area contributed by atoms with Crippen LogP contribution in [0.15, 0.2) is 12.3 Å². The highest BCUT2D eigenvalue weighted by atomic mass is 16.6. The Labute approximate surface area is 116 Å². The summed E-state index contributed by atoms with van der Waals surface area (Å²) in [6.45, 7) is 4.49. The molecule has 1 aromatic heterocycles. The Bertz CT molecular complexity index is 522. The molecule has 1 fully saturated rings. The van der Waals surface area contributed by atoms with E-state index in [0.29, 0.717) is 6.54 Å². The van der Waals surface area contributed by atoms with Crippen LogP contribution in [0, 0.1) is 21.4 Å². The Hall–Kier alpha value is -2.24. The molecular weight excluding hydrogens is 262 g/mol. The zero-order valence-corrected chi connectivity index (χ0v) is 10.9. The zero-order chi connectivity index (χ0) is 14.4. The second-order valence-corrected chi connectivity index (χ2v) is 4.34. The lowest BCUT2D eigenvalue weighted by Crippen LogP contribution is -2.39. The monoisotopic (exact) mass is 277 g/mol. The molecular formula is C12H15N5O3. The minimum atomic E-state index is -0.537. The third-order valence-corrected chi connectivity index (χ3v) is 3.02. The molecule has 0 bridgehead atoms. The Morgan fingerprint density at radius 3 is 2.95 bits per heavy atom. The zero-order valence-electron chi connectivity index (χ0n) is 10.9. The van der Waals surface area contributed by atoms with Crippen LogP contribution in [0.4, 0.5) is 11.5 Å². The lowest BCUT2D eigenvalue weighted by atomic mass is 10.2. The van der Waals surface area contributed by atoms with E-state index in [1.807, 2.05) is 6.07 Å². The van der Waals surface area contributed by atoms with Crippen molar-refractivity contribution in [1.29, 1.82) is 5.26 Å². The van der Waals surface area contributed by atoms with E-state index in [-0.39, 0.29) is 17.1 Å². The first-order valence-electron chi connectivity index (χ1n) is 6.29. The molecule has 0 saturated carbocycles. The lowest BCUT2D eigenvalue weighted by Gasteiger charge is -2.26. The largest absolute Gasteiger partial charge is 0.379 e. The average Bonchev–Trinajstić information content (AvgIpc) is 2.48. The van der Waals surface area contributed by atoms with Gasteiger partial charge in [-0.3, -0.25) is 15.0 Å². The summed E-state index contributed by atoms with van der Waals surface area (Å²) in [7, 11) is 0. The second-order valence-electron chi connectivity index (χ2n) is 4.34. The van der Waals surface area contributed by atoms with Crippen LogP contribution in [-0.2, 0) is 4.74 Å². The van der Waals surface area contributed by atoms with E-state index >= 15 is 0 Å². The number of nitrogens with one attached hydrogen (secondary N) is 1. The standard InChI is InChI=1S/C12H15N5O3/c13-8-10-7-11(17(18)19)12(15-9-10)14-1-2-16-3-5-20-6-4-16/h7,9H,1-6H2,(H,14,15). The molecule has 1 saturated heterocycles. The van der Waals surface area contributed by atoms with Gasteiger partial charge in [-0.15, -0.1) is 0 Å². The summed E-state index contributed by atoms with van der Waals surface area (Å²) in [5.41, 5.74) is 0.00135. The molecule has 0 aliphatic carbocycles. The smallest absolute Gasteiger partial charge is 0.312 e. The van der Waals surface area contributed by atoms with Crippen molar-refractivity contribution in [2.24, 2.45) is 0 Å². The predicted molar refractivity (Wildman–Crippen MR) is 71.4 cm³/mol. The first kappa shape index (κ1) is 14.2. The minimum absolute atomic E-state index is 0.175. The number of nitriles is 1. The van der Waals surface area contributed by atoms with Gasteiger partial charge in [-0.1, -0.05) is 0 Å². The van der Waals surface area contributed by atoms with Crippen molar-refractivity contribution in [1.82, 2.24) is 9.88 Å². The van der Waals surface area contributed by atoms with E-state index in [0.717, 1.165) is 32.8 Å². The lowest BCUT2D eigenvalue weighted by molar-refractivity contribution is -0.384. The third kappa shape index (κ3) is 3.63. The number of hydrogen-bond acceptors (Lipinski definition) is 7. The van der Waals surface area contributed by atoms with E-state index < -0.39 is 4.92 Å². The van der Waals surface area contributed by atoms with Gasteiger partial charge in [0.2, 0.25) is 5.82 Å². The van der Waals surface area contributed by atoms with Crippen molar-refractivity contribution >= 4 is 11.5 Å². The molecule has 0 spiro atoms. The van der Waals surface area contributed by atoms with Gasteiger partial charge in [0.05, 0.1) is 23.7 Å². The minimum Gasteiger partial charge on any atom is -0.379 e. The number of pyridine rings is 1. The summed E-state index contributed by atoms with van der Waals surface area (Å²) in [6.07, 6.45) is 1.32. The third-order valence-electron chi connectivity index (χ3n) is 3.02. The maximum Gasteiger partial charge on any atom is 0.312 e. The van der Waals surface area contributed by atoms with Crippen LogP contribution in [-0.4, -0.2) is 54.2 Å². The van der Waals surface area contributed by atoms with Gasteiger partial charge in [0.25, 0.3) is 0 Å². The van der Waals surface area contributed by atoms with E-state index in [2.05, 4.69) is 15.2 Å². The maximum absolute atomic E-state index is 10.9. The summed E-state index contributed by atoms with van der Waals surface area (Å²) >= 11 is 0. The fraction of sp³-hybridized carbons (Fsp3) is 0.500. The van der Waals surface area contributed by atoms with Gasteiger partial charge >= 0.3 is 5.69 Å². The SMILES string of the molecule is N#Cc1cnc(NCCN2CCOCC2)c([N+](=O)[O-])c1. The molecule has 0 aromatic carbocycles. The van der Waals surface area contributed by atoms with Crippen molar-refractivity contribution in [3.63, 3.8) is 0 Å². The maximum atomic E-state index is 10.9. The molecule has 0 atom stereocenters. The summed E-state index contributed by atoms with van der Waals surface area (Å²) in [6, 6.07) is 3.07. The van der Waals surface area contributed by atoms with Crippen LogP contribution in [0.25, 0.3) is 0 Å². The molecule has 1 aliphatic heterocycles. The Morgan fingerprint density at radius 1 is 1.55 bits per heavy atom. The number of rotatable bonds is 5. The van der Waals surface area contributed by atoms with Gasteiger partial charge in [0.15, 0.2) is 0 Å². The van der Waals surface area contributed by atoms with E-state index in [1.54, 1.807) is 0 Å². The Morgan fingerprint density at radius 2 is 2.30 bits per heavy atom. The van der Waals surface area contributed by atoms with E-state index in [1.165, 1.54) is 12.3 Å². The number of morpholine rings is 1. The molecule has 8 nitrogen and oxygen atoms in total. The highest BCUT2D eigenvalue weighted by Gasteiger charge is 2.16. The fourth-order valence-corrected chi connectivity index (χ4v) is 1.95.